The van der Waals surface area contributed by atoms with Crippen LogP contribution in [0.3, 0.4) is 0 Å². The van der Waals surface area contributed by atoms with Gasteiger partial charge in [0, 0.05) is 0 Å². The highest BCUT2D eigenvalue weighted by Gasteiger charge is 2.36. The third-order valence-corrected chi connectivity index (χ3v) is 4.88. The number of urea groups is 1. The minimum absolute atomic E-state index is 0.639. The van der Waals surface area contributed by atoms with E-state index in [4.69, 9.17) is 5.26 Å². The molecule has 2 fully saturated rings. The van der Waals surface area contributed by atoms with Crippen LogP contribution < -0.4 is 5.73 Å². The van der Waals surface area contributed by atoms with E-state index in [9.17, 15) is 15.3 Å². The second-order valence-electron chi connectivity index (χ2n) is 7.82. The average molecular weight is 384 g/mol. The first-order valence-electron chi connectivity index (χ1n) is 9.62. The smallest absolute Gasteiger partial charge is 0.348 e. The molecule has 0 aromatic rings. The van der Waals surface area contributed by atoms with Gasteiger partial charge in [0.2, 0.25) is 0 Å². The first-order valence-corrected chi connectivity index (χ1v) is 9.62. The van der Waals surface area contributed by atoms with E-state index < -0.39 is 22.6 Å². The zero-order valence-electron chi connectivity index (χ0n) is 16.7. The van der Waals surface area contributed by atoms with E-state index in [0.29, 0.717) is 0 Å². The van der Waals surface area contributed by atoms with Crippen molar-refractivity contribution in [1.29, 1.82) is 15.8 Å². The Balaban J connectivity index is 0.000000336. The van der Waals surface area contributed by atoms with Crippen molar-refractivity contribution >= 4 is 6.03 Å². The standard InChI is InChI=1S/C14H20N4.C5H8N4O/c15-11-13(7-3-1-4-8-13)17-18-14(12-16)9-5-2-6-10-14;1-5(2,3-6)9-8-4(7)10/h1-10H2;1-2H3,(H2,7,10). The maximum absolute atomic E-state index is 10.0. The summed E-state index contributed by atoms with van der Waals surface area (Å²) in [7, 11) is 0. The van der Waals surface area contributed by atoms with Crippen molar-refractivity contribution in [3.05, 3.63) is 0 Å². The minimum Gasteiger partial charge on any atom is -0.348 e. The molecule has 150 valence electrons. The van der Waals surface area contributed by atoms with Gasteiger partial charge in [-0.2, -0.15) is 31.1 Å². The summed E-state index contributed by atoms with van der Waals surface area (Å²) in [5, 5.41) is 42.1. The lowest BCUT2D eigenvalue weighted by molar-refractivity contribution is 0.254. The number of nitriles is 3. The second kappa shape index (κ2) is 10.5. The number of primary amides is 1. The lowest BCUT2D eigenvalue weighted by Gasteiger charge is -2.29. The highest BCUT2D eigenvalue weighted by atomic mass is 16.2. The average Bonchev–Trinajstić information content (AvgIpc) is 2.73. The topological polar surface area (TPSA) is 164 Å². The predicted octanol–water partition coefficient (Wildman–Crippen LogP) is 4.71. The predicted molar refractivity (Wildman–Crippen MR) is 102 cm³/mol. The molecule has 2 amide bonds. The Bertz CT molecular complexity index is 670. The van der Waals surface area contributed by atoms with E-state index >= 15 is 0 Å². The molecule has 2 rings (SSSR count). The van der Waals surface area contributed by atoms with Crippen molar-refractivity contribution in [2.75, 3.05) is 0 Å². The van der Waals surface area contributed by atoms with E-state index in [2.05, 4.69) is 38.3 Å². The van der Waals surface area contributed by atoms with Crippen LogP contribution in [0.2, 0.25) is 0 Å². The zero-order chi connectivity index (χ0) is 21.1. The normalized spacial score (nSPS) is 21.0. The molecule has 2 saturated carbocycles. The number of amides is 2. The van der Waals surface area contributed by atoms with Gasteiger partial charge < -0.3 is 5.73 Å². The molecule has 0 heterocycles. The van der Waals surface area contributed by atoms with Gasteiger partial charge >= 0.3 is 6.03 Å². The maximum atomic E-state index is 10.0. The number of rotatable bonds is 3. The third kappa shape index (κ3) is 7.40. The zero-order valence-corrected chi connectivity index (χ0v) is 16.7. The van der Waals surface area contributed by atoms with Gasteiger partial charge in [0.25, 0.3) is 0 Å². The van der Waals surface area contributed by atoms with E-state index in [-0.39, 0.29) is 0 Å². The molecule has 2 aliphatic carbocycles. The van der Waals surface area contributed by atoms with Crippen molar-refractivity contribution in [3.8, 4) is 18.2 Å². The molecular weight excluding hydrogens is 356 g/mol. The Hall–Kier alpha value is -2.86. The van der Waals surface area contributed by atoms with Crippen molar-refractivity contribution in [3.63, 3.8) is 0 Å². The number of carbonyl (C=O) groups excluding carboxylic acids is 1. The van der Waals surface area contributed by atoms with Crippen molar-refractivity contribution in [1.82, 2.24) is 0 Å². The number of hydrogen-bond acceptors (Lipinski definition) is 7. The first-order chi connectivity index (χ1) is 13.2. The molecule has 0 spiro atoms. The number of nitrogens with two attached hydrogens (primary N) is 1. The van der Waals surface area contributed by atoms with E-state index in [1.165, 1.54) is 26.7 Å². The van der Waals surface area contributed by atoms with E-state index in [0.717, 1.165) is 51.4 Å². The summed E-state index contributed by atoms with van der Waals surface area (Å²) in [6.07, 6.45) is 9.76. The number of hydrogen-bond donors (Lipinski definition) is 1. The molecule has 0 aromatic heterocycles. The summed E-state index contributed by atoms with van der Waals surface area (Å²) >= 11 is 0. The number of nitrogens with zero attached hydrogens (tertiary/aromatic N) is 7. The SMILES string of the molecule is CC(C)(C#N)N=NC(N)=O.N#CC1(N=NC2(C#N)CCCCC2)CCCCC1. The summed E-state index contributed by atoms with van der Waals surface area (Å²) in [5.41, 5.74) is 2.40. The molecule has 0 saturated heterocycles. The quantitative estimate of drug-likeness (QED) is 0.696. The lowest BCUT2D eigenvalue weighted by atomic mass is 9.82. The highest BCUT2D eigenvalue weighted by molar-refractivity contribution is 5.71. The van der Waals surface area contributed by atoms with Crippen LogP contribution in [0.25, 0.3) is 0 Å². The van der Waals surface area contributed by atoms with Crippen LogP contribution in [0.15, 0.2) is 20.5 Å². The largest absolute Gasteiger partial charge is 0.356 e. The molecule has 2 N–H and O–H groups in total. The molecule has 9 nitrogen and oxygen atoms in total. The fourth-order valence-electron chi connectivity index (χ4n) is 3.13. The van der Waals surface area contributed by atoms with Crippen LogP contribution in [-0.2, 0) is 0 Å². The second-order valence-corrected chi connectivity index (χ2v) is 7.82. The Kier molecular flexibility index (Phi) is 8.67. The number of carbonyl (C=O) groups is 1. The van der Waals surface area contributed by atoms with Gasteiger partial charge in [-0.25, -0.2) is 4.79 Å². The number of azo groups is 2. The van der Waals surface area contributed by atoms with Crippen LogP contribution in [0.1, 0.15) is 78.1 Å². The summed E-state index contributed by atoms with van der Waals surface area (Å²) in [6, 6.07) is 5.60. The van der Waals surface area contributed by atoms with Crippen LogP contribution in [0, 0.1) is 34.0 Å². The molecule has 9 heteroatoms. The Morgan fingerprint density at radius 2 is 1.25 bits per heavy atom. The summed E-state index contributed by atoms with van der Waals surface area (Å²) in [6.45, 7) is 3.05. The van der Waals surface area contributed by atoms with Crippen LogP contribution in [0.4, 0.5) is 4.79 Å². The van der Waals surface area contributed by atoms with Gasteiger partial charge in [0.1, 0.15) is 0 Å². The Morgan fingerprint density at radius 1 is 0.857 bits per heavy atom. The van der Waals surface area contributed by atoms with Gasteiger partial charge in [0.05, 0.1) is 18.2 Å². The summed E-state index contributed by atoms with van der Waals surface area (Å²) in [5.74, 6) is 0. The summed E-state index contributed by atoms with van der Waals surface area (Å²) < 4.78 is 0. The molecule has 0 bridgehead atoms. The van der Waals surface area contributed by atoms with Gasteiger partial charge in [-0.15, -0.1) is 0 Å². The van der Waals surface area contributed by atoms with Crippen LogP contribution in [0.5, 0.6) is 0 Å². The van der Waals surface area contributed by atoms with E-state index in [1.807, 2.05) is 6.07 Å². The fraction of sp³-hybridized carbons (Fsp3) is 0.789. The molecule has 0 radical (unpaired) electrons. The molecule has 0 aromatic carbocycles. The van der Waals surface area contributed by atoms with Crippen LogP contribution >= 0.6 is 0 Å². The molecule has 0 aliphatic heterocycles. The van der Waals surface area contributed by atoms with Gasteiger partial charge in [-0.1, -0.05) is 18.0 Å². The van der Waals surface area contributed by atoms with Crippen molar-refractivity contribution < 1.29 is 4.79 Å². The van der Waals surface area contributed by atoms with Gasteiger partial charge in [-0.3, -0.25) is 0 Å². The Morgan fingerprint density at radius 3 is 1.54 bits per heavy atom. The van der Waals surface area contributed by atoms with Crippen LogP contribution in [-0.4, -0.2) is 22.6 Å². The molecule has 0 atom stereocenters. The third-order valence-electron chi connectivity index (χ3n) is 4.88. The van der Waals surface area contributed by atoms with Gasteiger partial charge in [-0.05, 0) is 65.2 Å². The highest BCUT2D eigenvalue weighted by Crippen LogP contribution is 2.36. The molecular formula is C19H28N8O. The first kappa shape index (κ1) is 23.2. The maximum Gasteiger partial charge on any atom is 0.356 e. The molecule has 2 aliphatic rings. The monoisotopic (exact) mass is 384 g/mol. The fourth-order valence-corrected chi connectivity index (χ4v) is 3.13. The lowest BCUT2D eigenvalue weighted by Crippen LogP contribution is -2.31. The van der Waals surface area contributed by atoms with Crippen molar-refractivity contribution in [2.24, 2.45) is 26.2 Å². The minimum atomic E-state index is -0.963. The van der Waals surface area contributed by atoms with Crippen molar-refractivity contribution in [2.45, 2.75) is 94.7 Å². The Labute approximate surface area is 166 Å². The van der Waals surface area contributed by atoms with Gasteiger partial charge in [0.15, 0.2) is 16.6 Å². The molecule has 28 heavy (non-hydrogen) atoms. The summed E-state index contributed by atoms with van der Waals surface area (Å²) in [4.78, 5) is 10.0. The molecule has 0 unspecified atom stereocenters. The van der Waals surface area contributed by atoms with E-state index in [1.54, 1.807) is 0 Å².